The fraction of sp³-hybridized carbons (Fsp3) is 0.778. The molecule has 0 bridgehead atoms. The molecule has 1 aliphatic rings. The molecule has 0 aromatic carbocycles. The molecule has 0 atom stereocenters. The van der Waals surface area contributed by atoms with Crippen LogP contribution in [0.2, 0.25) is 5.15 Å². The number of hydrogen-bond donors (Lipinski definition) is 0. The molecule has 84 valence electrons. The number of ether oxygens (including phenoxy) is 1. The fourth-order valence-electron chi connectivity index (χ4n) is 1.91. The van der Waals surface area contributed by atoms with Gasteiger partial charge >= 0.3 is 0 Å². The van der Waals surface area contributed by atoms with Crippen LogP contribution in [0.15, 0.2) is 0 Å². The zero-order valence-corrected chi connectivity index (χ0v) is 10.2. The predicted molar refractivity (Wildman–Crippen MR) is 61.7 cm³/mol. The van der Waals surface area contributed by atoms with Gasteiger partial charge in [0.2, 0.25) is 0 Å². The first-order valence-corrected chi connectivity index (χ1v) is 6.14. The Bertz CT molecular complexity index is 312. The van der Waals surface area contributed by atoms with E-state index < -0.39 is 0 Å². The summed E-state index contributed by atoms with van der Waals surface area (Å²) in [6.45, 7) is 2.86. The van der Waals surface area contributed by atoms with Crippen molar-refractivity contribution < 1.29 is 4.74 Å². The smallest absolute Gasteiger partial charge is 0.187 e. The molecule has 0 amide bonds. The molecule has 1 aromatic heterocycles. The minimum atomic E-state index is 0.533. The van der Waals surface area contributed by atoms with Crippen molar-refractivity contribution >= 4 is 29.1 Å². The first-order chi connectivity index (χ1) is 7.31. The van der Waals surface area contributed by atoms with Crippen LogP contribution in [-0.4, -0.2) is 35.6 Å². The van der Waals surface area contributed by atoms with E-state index in [1.54, 1.807) is 7.11 Å². The second-order valence-electron chi connectivity index (χ2n) is 3.76. The van der Waals surface area contributed by atoms with Crippen molar-refractivity contribution in [2.24, 2.45) is 5.92 Å². The summed E-state index contributed by atoms with van der Waals surface area (Å²) in [7, 11) is 1.76. The molecule has 15 heavy (non-hydrogen) atoms. The SMILES string of the molecule is COCC1CCN(c2nsnc2Cl)CC1. The Balaban J connectivity index is 1.91. The number of piperidine rings is 1. The quantitative estimate of drug-likeness (QED) is 0.820. The molecule has 0 spiro atoms. The first kappa shape index (κ1) is 11.1. The lowest BCUT2D eigenvalue weighted by Gasteiger charge is -2.31. The highest BCUT2D eigenvalue weighted by Crippen LogP contribution is 2.27. The Morgan fingerprint density at radius 3 is 2.73 bits per heavy atom. The topological polar surface area (TPSA) is 38.2 Å². The molecule has 2 heterocycles. The molecule has 2 rings (SSSR count). The zero-order chi connectivity index (χ0) is 10.7. The Kier molecular flexibility index (Phi) is 3.77. The Morgan fingerprint density at radius 1 is 1.47 bits per heavy atom. The van der Waals surface area contributed by atoms with Gasteiger partial charge in [0.05, 0.1) is 11.7 Å². The average Bonchev–Trinajstić information content (AvgIpc) is 2.66. The highest BCUT2D eigenvalue weighted by atomic mass is 35.5. The van der Waals surface area contributed by atoms with Gasteiger partial charge in [0.1, 0.15) is 0 Å². The monoisotopic (exact) mass is 247 g/mol. The molecule has 0 unspecified atom stereocenters. The molecule has 6 heteroatoms. The van der Waals surface area contributed by atoms with Gasteiger partial charge in [-0.15, -0.1) is 0 Å². The number of halogens is 1. The maximum Gasteiger partial charge on any atom is 0.187 e. The summed E-state index contributed by atoms with van der Waals surface area (Å²) >= 11 is 7.11. The molecule has 1 fully saturated rings. The van der Waals surface area contributed by atoms with Gasteiger partial charge in [-0.1, -0.05) is 11.6 Å². The van der Waals surface area contributed by atoms with Crippen LogP contribution in [0.5, 0.6) is 0 Å². The van der Waals surface area contributed by atoms with Crippen LogP contribution in [0.4, 0.5) is 5.82 Å². The molecule has 1 aliphatic heterocycles. The largest absolute Gasteiger partial charge is 0.384 e. The molecule has 4 nitrogen and oxygen atoms in total. The van der Waals surface area contributed by atoms with Crippen LogP contribution in [0, 0.1) is 5.92 Å². The summed E-state index contributed by atoms with van der Waals surface area (Å²) in [6.07, 6.45) is 2.28. The number of aromatic nitrogens is 2. The van der Waals surface area contributed by atoms with Gasteiger partial charge in [0.15, 0.2) is 11.0 Å². The zero-order valence-electron chi connectivity index (χ0n) is 8.65. The van der Waals surface area contributed by atoms with Crippen molar-refractivity contribution in [3.63, 3.8) is 0 Å². The molecule has 1 aromatic rings. The second kappa shape index (κ2) is 5.09. The van der Waals surface area contributed by atoms with Gasteiger partial charge in [-0.25, -0.2) is 0 Å². The maximum absolute atomic E-state index is 5.94. The van der Waals surface area contributed by atoms with Crippen LogP contribution < -0.4 is 4.90 Å². The molecule has 0 aliphatic carbocycles. The van der Waals surface area contributed by atoms with E-state index >= 15 is 0 Å². The molecule has 1 saturated heterocycles. The third kappa shape index (κ3) is 2.59. The number of methoxy groups -OCH3 is 1. The lowest BCUT2D eigenvalue weighted by Crippen LogP contribution is -2.35. The summed E-state index contributed by atoms with van der Waals surface area (Å²) in [5, 5.41) is 0.533. The molecule has 0 radical (unpaired) electrons. The molecule has 0 saturated carbocycles. The van der Waals surface area contributed by atoms with Crippen LogP contribution in [0.25, 0.3) is 0 Å². The summed E-state index contributed by atoms with van der Waals surface area (Å²) in [5.41, 5.74) is 0. The van der Waals surface area contributed by atoms with Crippen molar-refractivity contribution in [1.29, 1.82) is 0 Å². The summed E-state index contributed by atoms with van der Waals surface area (Å²) in [5.74, 6) is 1.52. The average molecular weight is 248 g/mol. The van der Waals surface area contributed by atoms with E-state index in [4.69, 9.17) is 16.3 Å². The standard InChI is InChI=1S/C9H14ClN3OS/c1-14-6-7-2-4-13(5-3-7)9-8(10)11-15-12-9/h7H,2-6H2,1H3. The van der Waals surface area contributed by atoms with Crippen LogP contribution in [0.3, 0.4) is 0 Å². The van der Waals surface area contributed by atoms with Crippen molar-refractivity contribution in [3.8, 4) is 0 Å². The van der Waals surface area contributed by atoms with E-state index in [-0.39, 0.29) is 0 Å². The van der Waals surface area contributed by atoms with Crippen molar-refractivity contribution in [2.75, 3.05) is 31.7 Å². The van der Waals surface area contributed by atoms with E-state index in [2.05, 4.69) is 13.6 Å². The van der Waals surface area contributed by atoms with Crippen LogP contribution >= 0.6 is 23.3 Å². The first-order valence-electron chi connectivity index (χ1n) is 5.03. The number of anilines is 1. The minimum absolute atomic E-state index is 0.533. The van der Waals surface area contributed by atoms with Crippen LogP contribution in [0.1, 0.15) is 12.8 Å². The minimum Gasteiger partial charge on any atom is -0.384 e. The summed E-state index contributed by atoms with van der Waals surface area (Å²) in [6, 6.07) is 0. The molecular weight excluding hydrogens is 234 g/mol. The number of hydrogen-bond acceptors (Lipinski definition) is 5. The summed E-state index contributed by atoms with van der Waals surface area (Å²) in [4.78, 5) is 2.21. The third-order valence-electron chi connectivity index (χ3n) is 2.75. The van der Waals surface area contributed by atoms with Gasteiger partial charge in [0.25, 0.3) is 0 Å². The molecular formula is C9H14ClN3OS. The highest BCUT2D eigenvalue weighted by molar-refractivity contribution is 6.99. The highest BCUT2D eigenvalue weighted by Gasteiger charge is 2.22. The molecule has 0 N–H and O–H groups in total. The lowest BCUT2D eigenvalue weighted by atomic mass is 9.98. The number of rotatable bonds is 3. The summed E-state index contributed by atoms with van der Waals surface area (Å²) < 4.78 is 13.3. The van der Waals surface area contributed by atoms with E-state index in [0.29, 0.717) is 11.1 Å². The van der Waals surface area contributed by atoms with Crippen LogP contribution in [-0.2, 0) is 4.74 Å². The van der Waals surface area contributed by atoms with Gasteiger partial charge in [-0.05, 0) is 18.8 Å². The van der Waals surface area contributed by atoms with Crippen molar-refractivity contribution in [3.05, 3.63) is 5.15 Å². The lowest BCUT2D eigenvalue weighted by molar-refractivity contribution is 0.139. The van der Waals surface area contributed by atoms with Crippen molar-refractivity contribution in [1.82, 2.24) is 8.75 Å². The van der Waals surface area contributed by atoms with Gasteiger partial charge in [-0.3, -0.25) is 0 Å². The van der Waals surface area contributed by atoms with Gasteiger partial charge in [-0.2, -0.15) is 8.75 Å². The van der Waals surface area contributed by atoms with E-state index in [1.807, 2.05) is 0 Å². The van der Waals surface area contributed by atoms with E-state index in [1.165, 1.54) is 11.7 Å². The Hall–Kier alpha value is -0.390. The van der Waals surface area contributed by atoms with E-state index in [9.17, 15) is 0 Å². The van der Waals surface area contributed by atoms with E-state index in [0.717, 1.165) is 38.4 Å². The predicted octanol–water partition coefficient (Wildman–Crippen LogP) is 2.05. The fourth-order valence-corrected chi connectivity index (χ4v) is 2.69. The Morgan fingerprint density at radius 2 is 2.20 bits per heavy atom. The normalized spacial score (nSPS) is 18.4. The van der Waals surface area contributed by atoms with Gasteiger partial charge < -0.3 is 9.64 Å². The second-order valence-corrected chi connectivity index (χ2v) is 4.65. The Labute approximate surface area is 98.5 Å². The van der Waals surface area contributed by atoms with Gasteiger partial charge in [0, 0.05) is 26.8 Å². The third-order valence-corrected chi connectivity index (χ3v) is 3.62. The maximum atomic E-state index is 5.94. The number of nitrogens with zero attached hydrogens (tertiary/aromatic N) is 3. The van der Waals surface area contributed by atoms with Crippen molar-refractivity contribution in [2.45, 2.75) is 12.8 Å².